The molecule has 0 saturated carbocycles. The molecule has 0 aliphatic carbocycles. The SMILES string of the molecule is CSCCN1CCC(C)(C#N)CC1. The Hall–Kier alpha value is -0.200. The van der Waals surface area contributed by atoms with Gasteiger partial charge in [-0.3, -0.25) is 0 Å². The number of hydrogen-bond donors (Lipinski definition) is 0. The molecule has 1 saturated heterocycles. The van der Waals surface area contributed by atoms with Crippen molar-refractivity contribution >= 4 is 11.8 Å². The second-order valence-electron chi connectivity index (χ2n) is 4.01. The topological polar surface area (TPSA) is 27.0 Å². The lowest BCUT2D eigenvalue weighted by molar-refractivity contribution is 0.164. The normalized spacial score (nSPS) is 22.5. The molecule has 0 amide bonds. The zero-order valence-electron chi connectivity index (χ0n) is 8.55. The summed E-state index contributed by atoms with van der Waals surface area (Å²) in [6, 6.07) is 2.43. The van der Waals surface area contributed by atoms with Crippen LogP contribution in [0.5, 0.6) is 0 Å². The van der Waals surface area contributed by atoms with Gasteiger partial charge in [0.05, 0.1) is 11.5 Å². The van der Waals surface area contributed by atoms with E-state index in [1.54, 1.807) is 0 Å². The maximum atomic E-state index is 8.94. The maximum Gasteiger partial charge on any atom is 0.0687 e. The zero-order valence-corrected chi connectivity index (χ0v) is 9.36. The Kier molecular flexibility index (Phi) is 4.08. The van der Waals surface area contributed by atoms with Gasteiger partial charge in [-0.05, 0) is 39.1 Å². The van der Waals surface area contributed by atoms with Gasteiger partial charge in [0.2, 0.25) is 0 Å². The molecule has 3 heteroatoms. The van der Waals surface area contributed by atoms with Crippen molar-refractivity contribution in [3.63, 3.8) is 0 Å². The van der Waals surface area contributed by atoms with Gasteiger partial charge in [-0.25, -0.2) is 0 Å². The van der Waals surface area contributed by atoms with Crippen molar-refractivity contribution in [2.24, 2.45) is 5.41 Å². The molecule has 0 radical (unpaired) electrons. The monoisotopic (exact) mass is 198 g/mol. The third-order valence-electron chi connectivity index (χ3n) is 2.84. The lowest BCUT2D eigenvalue weighted by Crippen LogP contribution is -2.39. The molecule has 0 unspecified atom stereocenters. The molecule has 0 N–H and O–H groups in total. The first-order chi connectivity index (χ1) is 6.20. The average molecular weight is 198 g/mol. The number of nitrogens with zero attached hydrogens (tertiary/aromatic N) is 2. The predicted octanol–water partition coefficient (Wildman–Crippen LogP) is 1.98. The van der Waals surface area contributed by atoms with Crippen LogP contribution >= 0.6 is 11.8 Å². The Morgan fingerprint density at radius 3 is 2.54 bits per heavy atom. The van der Waals surface area contributed by atoms with Crippen LogP contribution in [0.1, 0.15) is 19.8 Å². The van der Waals surface area contributed by atoms with E-state index in [1.807, 2.05) is 11.8 Å². The minimum Gasteiger partial charge on any atom is -0.302 e. The molecule has 13 heavy (non-hydrogen) atoms. The Morgan fingerprint density at radius 1 is 1.46 bits per heavy atom. The van der Waals surface area contributed by atoms with E-state index in [9.17, 15) is 0 Å². The third-order valence-corrected chi connectivity index (χ3v) is 3.43. The summed E-state index contributed by atoms with van der Waals surface area (Å²) in [7, 11) is 0. The summed E-state index contributed by atoms with van der Waals surface area (Å²) < 4.78 is 0. The molecular formula is C10H18N2S. The lowest BCUT2D eigenvalue weighted by Gasteiger charge is -2.34. The van der Waals surface area contributed by atoms with E-state index in [2.05, 4.69) is 24.1 Å². The molecule has 1 fully saturated rings. The van der Waals surface area contributed by atoms with Crippen molar-refractivity contribution in [3.05, 3.63) is 0 Å². The molecule has 2 nitrogen and oxygen atoms in total. The van der Waals surface area contributed by atoms with Crippen LogP contribution in [0.3, 0.4) is 0 Å². The summed E-state index contributed by atoms with van der Waals surface area (Å²) in [5.74, 6) is 1.21. The number of nitriles is 1. The van der Waals surface area contributed by atoms with E-state index < -0.39 is 0 Å². The van der Waals surface area contributed by atoms with Crippen LogP contribution in [-0.2, 0) is 0 Å². The van der Waals surface area contributed by atoms with Gasteiger partial charge in [-0.2, -0.15) is 17.0 Å². The van der Waals surface area contributed by atoms with Crippen LogP contribution in [0.15, 0.2) is 0 Å². The van der Waals surface area contributed by atoms with Crippen molar-refractivity contribution in [1.29, 1.82) is 5.26 Å². The number of hydrogen-bond acceptors (Lipinski definition) is 3. The highest BCUT2D eigenvalue weighted by Crippen LogP contribution is 2.29. The van der Waals surface area contributed by atoms with Crippen LogP contribution in [0.2, 0.25) is 0 Å². The molecule has 1 aliphatic heterocycles. The highest BCUT2D eigenvalue weighted by atomic mass is 32.2. The van der Waals surface area contributed by atoms with Gasteiger partial charge in [-0.1, -0.05) is 0 Å². The Balaban J connectivity index is 2.27. The summed E-state index contributed by atoms with van der Waals surface area (Å²) in [6.07, 6.45) is 4.22. The van der Waals surface area contributed by atoms with Gasteiger partial charge in [0.25, 0.3) is 0 Å². The van der Waals surface area contributed by atoms with Crippen LogP contribution in [0.25, 0.3) is 0 Å². The predicted molar refractivity (Wildman–Crippen MR) is 57.8 cm³/mol. The molecule has 0 spiro atoms. The van der Waals surface area contributed by atoms with Crippen LogP contribution < -0.4 is 0 Å². The van der Waals surface area contributed by atoms with Crippen molar-refractivity contribution in [2.75, 3.05) is 31.6 Å². The van der Waals surface area contributed by atoms with E-state index in [0.717, 1.165) is 25.9 Å². The quantitative estimate of drug-likeness (QED) is 0.694. The summed E-state index contributed by atoms with van der Waals surface area (Å²) in [6.45, 7) is 5.47. The molecule has 74 valence electrons. The molecule has 0 bridgehead atoms. The van der Waals surface area contributed by atoms with Gasteiger partial charge >= 0.3 is 0 Å². The number of likely N-dealkylation sites (tertiary alicyclic amines) is 1. The van der Waals surface area contributed by atoms with Crippen LogP contribution in [0, 0.1) is 16.7 Å². The molecular weight excluding hydrogens is 180 g/mol. The lowest BCUT2D eigenvalue weighted by atomic mass is 9.82. The fourth-order valence-corrected chi connectivity index (χ4v) is 2.04. The summed E-state index contributed by atoms with van der Waals surface area (Å²) in [5, 5.41) is 8.94. The molecule has 0 aromatic carbocycles. The molecule has 0 atom stereocenters. The average Bonchev–Trinajstić information content (AvgIpc) is 2.17. The van der Waals surface area contributed by atoms with Crippen LogP contribution in [0.4, 0.5) is 0 Å². The minimum absolute atomic E-state index is 0.0458. The van der Waals surface area contributed by atoms with Crippen molar-refractivity contribution in [2.45, 2.75) is 19.8 Å². The Bertz CT molecular complexity index is 190. The second kappa shape index (κ2) is 4.88. The van der Waals surface area contributed by atoms with Crippen molar-refractivity contribution < 1.29 is 0 Å². The highest BCUT2D eigenvalue weighted by molar-refractivity contribution is 7.98. The van der Waals surface area contributed by atoms with Crippen molar-refractivity contribution in [1.82, 2.24) is 4.90 Å². The minimum atomic E-state index is -0.0458. The largest absolute Gasteiger partial charge is 0.302 e. The third kappa shape index (κ3) is 3.21. The number of rotatable bonds is 3. The Labute approximate surface area is 85.3 Å². The van der Waals surface area contributed by atoms with Gasteiger partial charge in [0.15, 0.2) is 0 Å². The first kappa shape index (κ1) is 10.9. The van der Waals surface area contributed by atoms with Crippen LogP contribution in [-0.4, -0.2) is 36.5 Å². The van der Waals surface area contributed by atoms with Gasteiger partial charge in [0, 0.05) is 12.3 Å². The van der Waals surface area contributed by atoms with Crippen molar-refractivity contribution in [3.8, 4) is 6.07 Å². The summed E-state index contributed by atoms with van der Waals surface area (Å²) in [5.41, 5.74) is -0.0458. The fraction of sp³-hybridized carbons (Fsp3) is 0.900. The fourth-order valence-electron chi connectivity index (χ4n) is 1.60. The highest BCUT2D eigenvalue weighted by Gasteiger charge is 2.29. The molecule has 1 rings (SSSR count). The Morgan fingerprint density at radius 2 is 2.08 bits per heavy atom. The summed E-state index contributed by atoms with van der Waals surface area (Å²) >= 11 is 1.89. The smallest absolute Gasteiger partial charge is 0.0687 e. The van der Waals surface area contributed by atoms with E-state index in [4.69, 9.17) is 5.26 Å². The molecule has 0 aromatic heterocycles. The zero-order chi connectivity index (χ0) is 9.73. The maximum absolute atomic E-state index is 8.94. The van der Waals surface area contributed by atoms with Gasteiger partial charge in [0.1, 0.15) is 0 Å². The standard InChI is InChI=1S/C10H18N2S/c1-10(9-11)3-5-12(6-4-10)7-8-13-2/h3-8H2,1-2H3. The molecule has 1 aliphatic rings. The van der Waals surface area contributed by atoms with E-state index >= 15 is 0 Å². The molecule has 0 aromatic rings. The van der Waals surface area contributed by atoms with E-state index in [0.29, 0.717) is 0 Å². The summed E-state index contributed by atoms with van der Waals surface area (Å²) in [4.78, 5) is 2.47. The van der Waals surface area contributed by atoms with E-state index in [-0.39, 0.29) is 5.41 Å². The number of thioether (sulfide) groups is 1. The molecule has 1 heterocycles. The number of piperidine rings is 1. The first-order valence-corrected chi connectivity index (χ1v) is 6.22. The van der Waals surface area contributed by atoms with E-state index in [1.165, 1.54) is 12.3 Å². The first-order valence-electron chi connectivity index (χ1n) is 4.83. The second-order valence-corrected chi connectivity index (χ2v) is 4.99. The van der Waals surface area contributed by atoms with Gasteiger partial charge in [-0.15, -0.1) is 0 Å². The van der Waals surface area contributed by atoms with Gasteiger partial charge < -0.3 is 4.90 Å².